The zero-order chi connectivity index (χ0) is 15.7. The number of hydrogen-bond acceptors (Lipinski definition) is 1. The predicted octanol–water partition coefficient (Wildman–Crippen LogP) is 5.49. The molecule has 1 nitrogen and oxygen atoms in total. The Balaban J connectivity index is 2.33. The molecule has 0 amide bonds. The maximum atomic E-state index is 11.7. The minimum absolute atomic E-state index is 0.136. The molecule has 0 radical (unpaired) electrons. The van der Waals surface area contributed by atoms with E-state index in [0.717, 1.165) is 32.1 Å². The van der Waals surface area contributed by atoms with E-state index in [-0.39, 0.29) is 10.8 Å². The number of rotatable bonds is 4. The highest BCUT2D eigenvalue weighted by Gasteiger charge is 2.54. The van der Waals surface area contributed by atoms with Gasteiger partial charge in [0.2, 0.25) is 0 Å². The fourth-order valence-corrected chi connectivity index (χ4v) is 4.96. The van der Waals surface area contributed by atoms with Gasteiger partial charge >= 0.3 is 0 Å². The Labute approximate surface area is 130 Å². The average molecular weight is 286 g/mol. The fraction of sp³-hybridized carbons (Fsp3) is 0.650. The van der Waals surface area contributed by atoms with Gasteiger partial charge in [0.25, 0.3) is 0 Å². The number of carbonyl (C=O) groups is 1. The topological polar surface area (TPSA) is 17.1 Å². The van der Waals surface area contributed by atoms with Crippen molar-refractivity contribution in [2.45, 2.75) is 59.3 Å². The lowest BCUT2D eigenvalue weighted by Crippen LogP contribution is -2.51. The van der Waals surface area contributed by atoms with Crippen molar-refractivity contribution in [3.8, 4) is 0 Å². The summed E-state index contributed by atoms with van der Waals surface area (Å²) >= 11 is 0. The van der Waals surface area contributed by atoms with E-state index in [1.54, 1.807) is 0 Å². The van der Waals surface area contributed by atoms with Gasteiger partial charge in [-0.05, 0) is 56.3 Å². The molecule has 0 aromatic carbocycles. The van der Waals surface area contributed by atoms with Crippen LogP contribution < -0.4 is 0 Å². The van der Waals surface area contributed by atoms with E-state index in [4.69, 9.17) is 0 Å². The van der Waals surface area contributed by atoms with Crippen molar-refractivity contribution in [3.63, 3.8) is 0 Å². The second-order valence-corrected chi connectivity index (χ2v) is 7.67. The molecule has 0 saturated heterocycles. The molecule has 0 heterocycles. The molecule has 21 heavy (non-hydrogen) atoms. The zero-order valence-electron chi connectivity index (χ0n) is 14.0. The molecule has 2 aliphatic rings. The molecule has 0 aromatic rings. The highest BCUT2D eigenvalue weighted by atomic mass is 16.1. The van der Waals surface area contributed by atoms with Crippen molar-refractivity contribution in [2.75, 3.05) is 0 Å². The molecule has 2 rings (SSSR count). The van der Waals surface area contributed by atoms with E-state index in [9.17, 15) is 4.79 Å². The van der Waals surface area contributed by atoms with E-state index in [0.29, 0.717) is 11.8 Å². The van der Waals surface area contributed by atoms with Crippen LogP contribution in [0.3, 0.4) is 0 Å². The van der Waals surface area contributed by atoms with Gasteiger partial charge in [-0.15, -0.1) is 0 Å². The standard InChI is InChI=1S/C20H30O/c1-6-15(2)8-10-17-16(3)9-11-18-19(4,14-21)12-7-13-20(17,18)5/h6,8,14,17-18H,1,3,7,9-13H2,2,4-5H3/b15-8+/t17-,18+,19-,20-/m1/s1. The second kappa shape index (κ2) is 5.94. The lowest BCUT2D eigenvalue weighted by Gasteiger charge is -2.57. The van der Waals surface area contributed by atoms with Crippen LogP contribution in [0, 0.1) is 22.7 Å². The molecule has 116 valence electrons. The lowest BCUT2D eigenvalue weighted by molar-refractivity contribution is -0.130. The van der Waals surface area contributed by atoms with Gasteiger partial charge in [-0.3, -0.25) is 0 Å². The molecule has 0 N–H and O–H groups in total. The van der Waals surface area contributed by atoms with Crippen molar-refractivity contribution in [1.82, 2.24) is 0 Å². The fourth-order valence-electron chi connectivity index (χ4n) is 4.96. The molecule has 2 saturated carbocycles. The van der Waals surface area contributed by atoms with Gasteiger partial charge in [-0.25, -0.2) is 0 Å². The third-order valence-electron chi connectivity index (χ3n) is 6.33. The number of hydrogen-bond donors (Lipinski definition) is 0. The Hall–Kier alpha value is -1.11. The van der Waals surface area contributed by atoms with Crippen LogP contribution in [0.4, 0.5) is 0 Å². The van der Waals surface area contributed by atoms with Crippen LogP contribution in [0.1, 0.15) is 59.3 Å². The SMILES string of the molecule is C=C/C(C)=C/C[C@@H]1C(=C)CC[C@@H]2[C@]1(C)CCC[C@]2(C)C=O. The summed E-state index contributed by atoms with van der Waals surface area (Å²) in [6, 6.07) is 0. The molecule has 2 aliphatic carbocycles. The monoisotopic (exact) mass is 286 g/mol. The highest BCUT2D eigenvalue weighted by molar-refractivity contribution is 5.60. The van der Waals surface area contributed by atoms with Crippen LogP contribution in [0.15, 0.2) is 36.5 Å². The van der Waals surface area contributed by atoms with Gasteiger partial charge in [0.15, 0.2) is 0 Å². The van der Waals surface area contributed by atoms with E-state index in [1.165, 1.54) is 23.9 Å². The van der Waals surface area contributed by atoms with Crippen molar-refractivity contribution >= 4 is 6.29 Å². The second-order valence-electron chi connectivity index (χ2n) is 7.67. The number of fused-ring (bicyclic) bond motifs is 1. The maximum absolute atomic E-state index is 11.7. The number of allylic oxidation sites excluding steroid dienone is 4. The first kappa shape index (κ1) is 16.3. The summed E-state index contributed by atoms with van der Waals surface area (Å²) < 4.78 is 0. The van der Waals surface area contributed by atoms with E-state index < -0.39 is 0 Å². The molecule has 0 aliphatic heterocycles. The van der Waals surface area contributed by atoms with Crippen molar-refractivity contribution in [3.05, 3.63) is 36.5 Å². The molecule has 0 aromatic heterocycles. The van der Waals surface area contributed by atoms with Crippen LogP contribution >= 0.6 is 0 Å². The summed E-state index contributed by atoms with van der Waals surface area (Å²) in [5, 5.41) is 0. The Morgan fingerprint density at radius 2 is 2.10 bits per heavy atom. The van der Waals surface area contributed by atoms with Crippen molar-refractivity contribution < 1.29 is 4.79 Å². The Kier molecular flexibility index (Phi) is 4.60. The van der Waals surface area contributed by atoms with Crippen LogP contribution in [0.2, 0.25) is 0 Å². The predicted molar refractivity (Wildman–Crippen MR) is 90.1 cm³/mol. The Morgan fingerprint density at radius 3 is 2.71 bits per heavy atom. The van der Waals surface area contributed by atoms with Gasteiger partial charge < -0.3 is 4.79 Å². The molecular formula is C20H30O. The van der Waals surface area contributed by atoms with Gasteiger partial charge in [0, 0.05) is 5.41 Å². The first-order valence-electron chi connectivity index (χ1n) is 8.30. The molecule has 2 fully saturated rings. The van der Waals surface area contributed by atoms with E-state index in [2.05, 4.69) is 40.0 Å². The van der Waals surface area contributed by atoms with Gasteiger partial charge in [0.05, 0.1) is 0 Å². The van der Waals surface area contributed by atoms with E-state index in [1.807, 2.05) is 6.08 Å². The summed E-state index contributed by atoms with van der Waals surface area (Å²) in [6.45, 7) is 14.9. The maximum Gasteiger partial charge on any atom is 0.126 e. The van der Waals surface area contributed by atoms with Crippen LogP contribution in [0.5, 0.6) is 0 Å². The molecule has 1 heteroatoms. The minimum atomic E-state index is -0.136. The normalized spacial score (nSPS) is 40.5. The van der Waals surface area contributed by atoms with Gasteiger partial charge in [0.1, 0.15) is 6.29 Å². The average Bonchev–Trinajstić information content (AvgIpc) is 2.45. The van der Waals surface area contributed by atoms with Crippen molar-refractivity contribution in [2.24, 2.45) is 22.7 Å². The molecule has 0 unspecified atom stereocenters. The summed E-state index contributed by atoms with van der Waals surface area (Å²) in [4.78, 5) is 11.7. The zero-order valence-corrected chi connectivity index (χ0v) is 14.0. The summed E-state index contributed by atoms with van der Waals surface area (Å²) in [5.74, 6) is 1.01. The largest absolute Gasteiger partial charge is 0.303 e. The lowest BCUT2D eigenvalue weighted by atomic mass is 9.47. The number of aldehydes is 1. The minimum Gasteiger partial charge on any atom is -0.303 e. The van der Waals surface area contributed by atoms with Gasteiger partial charge in [-0.2, -0.15) is 0 Å². The smallest absolute Gasteiger partial charge is 0.126 e. The third kappa shape index (κ3) is 2.80. The Bertz CT molecular complexity index is 472. The first-order chi connectivity index (χ1) is 9.87. The quantitative estimate of drug-likeness (QED) is 0.379. The molecule has 0 bridgehead atoms. The number of carbonyl (C=O) groups excluding carboxylic acids is 1. The summed E-state index contributed by atoms with van der Waals surface area (Å²) in [7, 11) is 0. The van der Waals surface area contributed by atoms with Crippen LogP contribution in [-0.2, 0) is 4.79 Å². The van der Waals surface area contributed by atoms with E-state index >= 15 is 0 Å². The van der Waals surface area contributed by atoms with Gasteiger partial charge in [-0.1, -0.05) is 56.7 Å². The third-order valence-corrected chi connectivity index (χ3v) is 6.33. The van der Waals surface area contributed by atoms with Crippen LogP contribution in [0.25, 0.3) is 0 Å². The summed E-state index contributed by atoms with van der Waals surface area (Å²) in [6.07, 6.45) is 12.1. The molecule has 4 atom stereocenters. The highest BCUT2D eigenvalue weighted by Crippen LogP contribution is 2.61. The summed E-state index contributed by atoms with van der Waals surface area (Å²) in [5.41, 5.74) is 2.71. The Morgan fingerprint density at radius 1 is 1.38 bits per heavy atom. The molecular weight excluding hydrogens is 256 g/mol. The van der Waals surface area contributed by atoms with Crippen molar-refractivity contribution in [1.29, 1.82) is 0 Å². The first-order valence-corrected chi connectivity index (χ1v) is 8.30. The molecule has 0 spiro atoms. The van der Waals surface area contributed by atoms with Crippen LogP contribution in [-0.4, -0.2) is 6.29 Å².